The number of phenolic OH excluding ortho intramolecular Hbond substituents is 1. The van der Waals surface area contributed by atoms with Crippen molar-refractivity contribution < 1.29 is 24.1 Å². The Balaban J connectivity index is 1.66. The Morgan fingerprint density at radius 2 is 1.53 bits per heavy atom. The maximum Gasteiger partial charge on any atom is 0.164 e. The van der Waals surface area contributed by atoms with Gasteiger partial charge in [-0.05, 0) is 29.7 Å². The average Bonchev–Trinajstić information content (AvgIpc) is 3.37. The zero-order valence-corrected chi connectivity index (χ0v) is 20.7. The minimum Gasteiger partial charge on any atom is -0.507 e. The van der Waals surface area contributed by atoms with Gasteiger partial charge < -0.3 is 24.1 Å². The lowest BCUT2D eigenvalue weighted by Gasteiger charge is -2.26. The number of hydrazone groups is 1. The highest BCUT2D eigenvalue weighted by Gasteiger charge is 2.34. The smallest absolute Gasteiger partial charge is 0.164 e. The fourth-order valence-corrected chi connectivity index (χ4v) is 4.71. The Morgan fingerprint density at radius 3 is 2.28 bits per heavy atom. The number of rotatable bonds is 7. The van der Waals surface area contributed by atoms with Crippen molar-refractivity contribution in [3.8, 4) is 28.7 Å². The highest BCUT2D eigenvalue weighted by atomic mass is 16.5. The lowest BCUT2D eigenvalue weighted by atomic mass is 9.95. The first-order valence-corrected chi connectivity index (χ1v) is 11.6. The van der Waals surface area contributed by atoms with Gasteiger partial charge in [-0.25, -0.2) is 0 Å². The van der Waals surface area contributed by atoms with Crippen LogP contribution in [0.3, 0.4) is 0 Å². The van der Waals surface area contributed by atoms with E-state index in [4.69, 9.17) is 24.0 Å². The summed E-state index contributed by atoms with van der Waals surface area (Å²) in [5.41, 5.74) is 3.20. The molecule has 0 fully saturated rings. The molecule has 1 aliphatic heterocycles. The van der Waals surface area contributed by atoms with Crippen LogP contribution >= 0.6 is 0 Å². The third-order valence-electron chi connectivity index (χ3n) is 6.53. The number of methoxy groups -OCH3 is 4. The van der Waals surface area contributed by atoms with Crippen molar-refractivity contribution >= 4 is 22.2 Å². The number of phenols is 1. The summed E-state index contributed by atoms with van der Waals surface area (Å²) < 4.78 is 22.3. The lowest BCUT2D eigenvalue weighted by Crippen LogP contribution is -2.19. The second kappa shape index (κ2) is 9.70. The van der Waals surface area contributed by atoms with Crippen LogP contribution in [0.15, 0.2) is 77.9 Å². The van der Waals surface area contributed by atoms with E-state index in [2.05, 4.69) is 0 Å². The molecule has 0 radical (unpaired) electrons. The molecule has 0 aliphatic carbocycles. The summed E-state index contributed by atoms with van der Waals surface area (Å²) in [6.07, 6.45) is 0.537. The predicted molar refractivity (Wildman–Crippen MR) is 141 cm³/mol. The molecule has 0 spiro atoms. The summed E-state index contributed by atoms with van der Waals surface area (Å²) in [6.45, 7) is 0. The summed E-state index contributed by atoms with van der Waals surface area (Å²) in [5, 5.41) is 19.9. The second-order valence-corrected chi connectivity index (χ2v) is 8.44. The number of hydrogen-bond donors (Lipinski definition) is 1. The molecule has 184 valence electrons. The van der Waals surface area contributed by atoms with Crippen molar-refractivity contribution in [1.82, 2.24) is 0 Å². The first-order chi connectivity index (χ1) is 17.6. The van der Waals surface area contributed by atoms with Crippen molar-refractivity contribution in [2.45, 2.75) is 12.5 Å². The number of aromatic hydroxyl groups is 1. The van der Waals surface area contributed by atoms with Crippen LogP contribution in [-0.2, 0) is 0 Å². The molecule has 0 bridgehead atoms. The third-order valence-corrected chi connectivity index (χ3v) is 6.53. The van der Waals surface area contributed by atoms with Crippen molar-refractivity contribution in [2.75, 3.05) is 33.4 Å². The SMILES string of the molecule is COc1cccc(N2N=C(c3ccc4ccccc4c3O)CC2c2cc(OC)c(OC)cc2OC)c1. The van der Waals surface area contributed by atoms with Crippen LogP contribution in [0, 0.1) is 0 Å². The van der Waals surface area contributed by atoms with Gasteiger partial charge in [-0.3, -0.25) is 5.01 Å². The molecule has 1 atom stereocenters. The maximum absolute atomic E-state index is 11.2. The molecule has 7 heteroatoms. The van der Waals surface area contributed by atoms with Gasteiger partial charge in [0.05, 0.1) is 45.9 Å². The van der Waals surface area contributed by atoms with Crippen LogP contribution in [0.2, 0.25) is 0 Å². The van der Waals surface area contributed by atoms with E-state index >= 15 is 0 Å². The van der Waals surface area contributed by atoms with E-state index in [9.17, 15) is 5.11 Å². The van der Waals surface area contributed by atoms with Gasteiger partial charge in [0.25, 0.3) is 0 Å². The minimum absolute atomic E-state index is 0.220. The molecule has 5 rings (SSSR count). The number of benzene rings is 4. The molecule has 36 heavy (non-hydrogen) atoms. The van der Waals surface area contributed by atoms with Crippen LogP contribution in [0.1, 0.15) is 23.6 Å². The van der Waals surface area contributed by atoms with Gasteiger partial charge in [0.2, 0.25) is 0 Å². The minimum atomic E-state index is -0.229. The van der Waals surface area contributed by atoms with Gasteiger partial charge in [0, 0.05) is 35.1 Å². The largest absolute Gasteiger partial charge is 0.507 e. The Labute approximate surface area is 210 Å². The molecule has 0 amide bonds. The lowest BCUT2D eigenvalue weighted by molar-refractivity contribution is 0.346. The van der Waals surface area contributed by atoms with E-state index in [1.165, 1.54) is 0 Å². The number of hydrogen-bond acceptors (Lipinski definition) is 7. The van der Waals surface area contributed by atoms with Crippen molar-refractivity contribution in [3.05, 3.63) is 83.9 Å². The molecule has 0 saturated carbocycles. The van der Waals surface area contributed by atoms with Gasteiger partial charge >= 0.3 is 0 Å². The first-order valence-electron chi connectivity index (χ1n) is 11.6. The quantitative estimate of drug-likeness (QED) is 0.350. The van der Waals surface area contributed by atoms with E-state index in [0.717, 1.165) is 33.5 Å². The van der Waals surface area contributed by atoms with E-state index < -0.39 is 0 Å². The van der Waals surface area contributed by atoms with Crippen LogP contribution in [0.25, 0.3) is 10.8 Å². The Kier molecular flexibility index (Phi) is 6.29. The zero-order chi connectivity index (χ0) is 25.2. The van der Waals surface area contributed by atoms with E-state index in [-0.39, 0.29) is 11.8 Å². The Hall–Kier alpha value is -4.39. The summed E-state index contributed by atoms with van der Waals surface area (Å²) in [6, 6.07) is 23.0. The van der Waals surface area contributed by atoms with Crippen LogP contribution < -0.4 is 24.0 Å². The fourth-order valence-electron chi connectivity index (χ4n) is 4.71. The molecule has 1 unspecified atom stereocenters. The standard InChI is InChI=1S/C29H28N2O5/c1-33-20-10-7-9-19(14-20)31-25(23-15-27(35-3)28(36-4)17-26(23)34-2)16-24(30-31)22-13-12-18-8-5-6-11-21(18)29(22)32/h5-15,17,25,32H,16H2,1-4H3. The fraction of sp³-hybridized carbons (Fsp3) is 0.207. The number of fused-ring (bicyclic) bond motifs is 1. The van der Waals surface area contributed by atoms with Gasteiger partial charge in [-0.15, -0.1) is 0 Å². The highest BCUT2D eigenvalue weighted by molar-refractivity contribution is 6.09. The third kappa shape index (κ3) is 4.02. The van der Waals surface area contributed by atoms with Crippen LogP contribution in [0.5, 0.6) is 28.7 Å². The maximum atomic E-state index is 11.2. The molecule has 4 aromatic carbocycles. The van der Waals surface area contributed by atoms with Crippen molar-refractivity contribution in [1.29, 1.82) is 0 Å². The van der Waals surface area contributed by atoms with E-state index in [1.54, 1.807) is 28.4 Å². The van der Waals surface area contributed by atoms with Gasteiger partial charge in [-0.2, -0.15) is 5.10 Å². The second-order valence-electron chi connectivity index (χ2n) is 8.44. The highest BCUT2D eigenvalue weighted by Crippen LogP contribution is 2.46. The summed E-state index contributed by atoms with van der Waals surface area (Å²) in [7, 11) is 6.47. The monoisotopic (exact) mass is 484 g/mol. The zero-order valence-electron chi connectivity index (χ0n) is 20.7. The molecule has 4 aromatic rings. The number of nitrogens with zero attached hydrogens (tertiary/aromatic N) is 2. The molecular weight excluding hydrogens is 456 g/mol. The van der Waals surface area contributed by atoms with E-state index in [0.29, 0.717) is 29.2 Å². The van der Waals surface area contributed by atoms with Gasteiger partial charge in [-0.1, -0.05) is 36.4 Å². The average molecular weight is 485 g/mol. The van der Waals surface area contributed by atoms with Gasteiger partial charge in [0.1, 0.15) is 17.2 Å². The molecule has 1 heterocycles. The summed E-state index contributed by atoms with van der Waals surface area (Å²) >= 11 is 0. The Bertz CT molecular complexity index is 1450. The Morgan fingerprint density at radius 1 is 0.778 bits per heavy atom. The van der Waals surface area contributed by atoms with E-state index in [1.807, 2.05) is 77.8 Å². The summed E-state index contributed by atoms with van der Waals surface area (Å²) in [5.74, 6) is 2.78. The molecule has 1 N–H and O–H groups in total. The molecule has 0 saturated heterocycles. The number of anilines is 1. The van der Waals surface area contributed by atoms with Crippen LogP contribution in [-0.4, -0.2) is 39.3 Å². The normalized spacial score (nSPS) is 15.1. The number of ether oxygens (including phenoxy) is 4. The van der Waals surface area contributed by atoms with Crippen molar-refractivity contribution in [2.24, 2.45) is 5.10 Å². The molecule has 0 aromatic heterocycles. The van der Waals surface area contributed by atoms with Crippen molar-refractivity contribution in [3.63, 3.8) is 0 Å². The molecule has 1 aliphatic rings. The van der Waals surface area contributed by atoms with Crippen LogP contribution in [0.4, 0.5) is 5.69 Å². The topological polar surface area (TPSA) is 72.8 Å². The predicted octanol–water partition coefficient (Wildman–Crippen LogP) is 5.94. The molecular formula is C29H28N2O5. The molecule has 7 nitrogen and oxygen atoms in total. The first kappa shape index (κ1) is 23.4. The van der Waals surface area contributed by atoms with Gasteiger partial charge in [0.15, 0.2) is 11.5 Å². The summed E-state index contributed by atoms with van der Waals surface area (Å²) in [4.78, 5) is 0.